The maximum atomic E-state index is 13.1. The number of aromatic nitrogens is 1. The Morgan fingerprint density at radius 2 is 1.68 bits per heavy atom. The number of anilines is 1. The molecule has 0 saturated carbocycles. The number of pyridine rings is 1. The van der Waals surface area contributed by atoms with Gasteiger partial charge < -0.3 is 15.7 Å². The van der Waals surface area contributed by atoms with Gasteiger partial charge in [0.25, 0.3) is 0 Å². The average molecular weight is 579 g/mol. The Morgan fingerprint density at radius 3 is 2.37 bits per heavy atom. The van der Waals surface area contributed by atoms with Crippen molar-refractivity contribution in [1.29, 1.82) is 0 Å². The highest BCUT2D eigenvalue weighted by Crippen LogP contribution is 2.26. The van der Waals surface area contributed by atoms with Gasteiger partial charge in [-0.2, -0.15) is 4.31 Å². The highest BCUT2D eigenvalue weighted by atomic mass is 32.2. The van der Waals surface area contributed by atoms with E-state index < -0.39 is 34.0 Å². The second-order valence-electron chi connectivity index (χ2n) is 9.97. The van der Waals surface area contributed by atoms with Crippen LogP contribution in [0.25, 0.3) is 0 Å². The summed E-state index contributed by atoms with van der Waals surface area (Å²) in [4.78, 5) is 41.7. The number of Topliss-reactive ketones (excluding diaryl/α,β-unsaturated/α-hetero) is 1. The quantitative estimate of drug-likeness (QED) is 0.248. The van der Waals surface area contributed by atoms with Crippen LogP contribution in [0.4, 0.5) is 5.82 Å². The van der Waals surface area contributed by atoms with Crippen molar-refractivity contribution in [3.05, 3.63) is 90.1 Å². The van der Waals surface area contributed by atoms with Crippen molar-refractivity contribution >= 4 is 33.5 Å². The lowest BCUT2D eigenvalue weighted by Gasteiger charge is -2.25. The van der Waals surface area contributed by atoms with Crippen molar-refractivity contribution in [2.45, 2.75) is 55.5 Å². The molecule has 1 aliphatic rings. The van der Waals surface area contributed by atoms with Gasteiger partial charge in [-0.15, -0.1) is 0 Å². The van der Waals surface area contributed by atoms with Crippen molar-refractivity contribution < 1.29 is 27.9 Å². The maximum Gasteiger partial charge on any atom is 0.326 e. The molecule has 2 aromatic carbocycles. The molecule has 1 unspecified atom stereocenters. The molecule has 1 amide bonds. The van der Waals surface area contributed by atoms with E-state index >= 15 is 0 Å². The smallest absolute Gasteiger partial charge is 0.326 e. The lowest BCUT2D eigenvalue weighted by Crippen LogP contribution is -2.51. The largest absolute Gasteiger partial charge is 0.480 e. The first-order chi connectivity index (χ1) is 19.7. The number of rotatable bonds is 14. The van der Waals surface area contributed by atoms with Gasteiger partial charge >= 0.3 is 5.97 Å². The second kappa shape index (κ2) is 14.0. The zero-order chi connectivity index (χ0) is 29.2. The van der Waals surface area contributed by atoms with Crippen LogP contribution in [0.15, 0.2) is 83.9 Å². The fraction of sp³-hybridized carbons (Fsp3) is 0.333. The average Bonchev–Trinajstić information content (AvgIpc) is 3.48. The third kappa shape index (κ3) is 8.21. The molecular formula is C30H34N4O6S. The first kappa shape index (κ1) is 29.9. The highest BCUT2D eigenvalue weighted by Gasteiger charge is 2.40. The van der Waals surface area contributed by atoms with E-state index in [9.17, 15) is 27.9 Å². The van der Waals surface area contributed by atoms with E-state index in [1.807, 2.05) is 18.2 Å². The van der Waals surface area contributed by atoms with Crippen LogP contribution in [-0.4, -0.2) is 65.6 Å². The van der Waals surface area contributed by atoms with Crippen LogP contribution in [-0.2, 0) is 37.2 Å². The number of amides is 1. The number of aliphatic carboxylic acids is 1. The summed E-state index contributed by atoms with van der Waals surface area (Å²) in [5, 5.41) is 15.5. The molecule has 0 radical (unpaired) electrons. The molecule has 2 atom stereocenters. The molecule has 216 valence electrons. The summed E-state index contributed by atoms with van der Waals surface area (Å²) in [6, 6.07) is 18.3. The van der Waals surface area contributed by atoms with Gasteiger partial charge in [-0.1, -0.05) is 48.5 Å². The minimum absolute atomic E-state index is 0.0205. The monoisotopic (exact) mass is 578 g/mol. The summed E-state index contributed by atoms with van der Waals surface area (Å²) >= 11 is 0. The molecule has 3 aromatic rings. The number of carboxylic acids is 1. The van der Waals surface area contributed by atoms with Crippen molar-refractivity contribution in [2.24, 2.45) is 0 Å². The van der Waals surface area contributed by atoms with E-state index in [4.69, 9.17) is 0 Å². The van der Waals surface area contributed by atoms with E-state index in [1.165, 1.54) is 12.1 Å². The van der Waals surface area contributed by atoms with E-state index in [1.54, 1.807) is 48.7 Å². The maximum absolute atomic E-state index is 13.1. The Bertz CT molecular complexity index is 1430. The van der Waals surface area contributed by atoms with Gasteiger partial charge in [-0.3, -0.25) is 9.59 Å². The Balaban J connectivity index is 1.29. The van der Waals surface area contributed by atoms with Crippen LogP contribution in [0.2, 0.25) is 0 Å². The first-order valence-electron chi connectivity index (χ1n) is 13.6. The van der Waals surface area contributed by atoms with E-state index in [-0.39, 0.29) is 30.1 Å². The van der Waals surface area contributed by atoms with Crippen LogP contribution in [0.1, 0.15) is 36.8 Å². The highest BCUT2D eigenvalue weighted by molar-refractivity contribution is 7.89. The summed E-state index contributed by atoms with van der Waals surface area (Å²) < 4.78 is 27.4. The minimum Gasteiger partial charge on any atom is -0.480 e. The van der Waals surface area contributed by atoms with E-state index in [2.05, 4.69) is 15.6 Å². The number of benzene rings is 2. The summed E-state index contributed by atoms with van der Waals surface area (Å²) in [6.07, 6.45) is 3.91. The minimum atomic E-state index is -3.89. The molecule has 2 heterocycles. The summed E-state index contributed by atoms with van der Waals surface area (Å²) in [6.45, 7) is 0.828. The fourth-order valence-corrected chi connectivity index (χ4v) is 6.48. The number of sulfonamides is 1. The molecule has 10 nitrogen and oxygen atoms in total. The number of nitrogens with zero attached hydrogens (tertiary/aromatic N) is 2. The van der Waals surface area contributed by atoms with Gasteiger partial charge in [0.2, 0.25) is 15.9 Å². The third-order valence-corrected chi connectivity index (χ3v) is 8.86. The molecule has 41 heavy (non-hydrogen) atoms. The number of ketones is 1. The Hall–Kier alpha value is -4.09. The second-order valence-corrected chi connectivity index (χ2v) is 11.9. The van der Waals surface area contributed by atoms with Crippen LogP contribution < -0.4 is 10.6 Å². The van der Waals surface area contributed by atoms with Crippen LogP contribution in [0.3, 0.4) is 0 Å². The molecule has 3 N–H and O–H groups in total. The van der Waals surface area contributed by atoms with Gasteiger partial charge in [-0.05, 0) is 54.7 Å². The predicted octanol–water partition coefficient (Wildman–Crippen LogP) is 3.05. The van der Waals surface area contributed by atoms with Crippen molar-refractivity contribution in [1.82, 2.24) is 14.6 Å². The SMILES string of the molecule is O=C(CCCNc1ccccn1)Cc1ccc(CC(NC(=O)[C@@H]2CCCN2S(=O)(=O)c2ccccc2)C(=O)O)cc1. The number of hydrogen-bond acceptors (Lipinski definition) is 7. The lowest BCUT2D eigenvalue weighted by atomic mass is 10.0. The zero-order valence-electron chi connectivity index (χ0n) is 22.6. The van der Waals surface area contributed by atoms with Gasteiger partial charge in [0.15, 0.2) is 0 Å². The molecule has 0 bridgehead atoms. The van der Waals surface area contributed by atoms with Crippen LogP contribution >= 0.6 is 0 Å². The zero-order valence-corrected chi connectivity index (χ0v) is 23.4. The van der Waals surface area contributed by atoms with Crippen LogP contribution in [0.5, 0.6) is 0 Å². The fourth-order valence-electron chi connectivity index (χ4n) is 4.80. The van der Waals surface area contributed by atoms with Crippen LogP contribution in [0, 0.1) is 0 Å². The summed E-state index contributed by atoms with van der Waals surface area (Å²) in [5.41, 5.74) is 1.49. The number of hydrogen-bond donors (Lipinski definition) is 3. The number of carbonyl (C=O) groups excluding carboxylic acids is 2. The molecule has 1 fully saturated rings. The van der Waals surface area contributed by atoms with Gasteiger partial charge in [0, 0.05) is 38.5 Å². The lowest BCUT2D eigenvalue weighted by molar-refractivity contribution is -0.142. The molecule has 4 rings (SSSR count). The molecule has 1 saturated heterocycles. The molecule has 1 aromatic heterocycles. The third-order valence-electron chi connectivity index (χ3n) is 6.94. The topological polar surface area (TPSA) is 146 Å². The molecular weight excluding hydrogens is 544 g/mol. The van der Waals surface area contributed by atoms with Gasteiger partial charge in [0.1, 0.15) is 23.7 Å². The summed E-state index contributed by atoms with van der Waals surface area (Å²) in [5.74, 6) is -0.978. The standard InChI is InChI=1S/C30H34N4O6S/c35-24(8-6-18-32-28-12-4-5-17-31-28)20-22-13-15-23(16-14-22)21-26(30(37)38)33-29(36)27-11-7-19-34(27)41(39,40)25-9-2-1-3-10-25/h1-5,9-10,12-17,26-27H,6-8,11,18-21H2,(H,31,32)(H,33,36)(H,37,38)/t26?,27-/m0/s1. The Kier molecular flexibility index (Phi) is 10.2. The van der Waals surface area contributed by atoms with Gasteiger partial charge in [0.05, 0.1) is 4.90 Å². The van der Waals surface area contributed by atoms with E-state index in [0.29, 0.717) is 37.8 Å². The Morgan fingerprint density at radius 1 is 0.976 bits per heavy atom. The van der Waals surface area contributed by atoms with Crippen molar-refractivity contribution in [2.75, 3.05) is 18.4 Å². The normalized spacial score (nSPS) is 16.1. The molecule has 11 heteroatoms. The predicted molar refractivity (Wildman–Crippen MR) is 154 cm³/mol. The molecule has 0 aliphatic carbocycles. The number of carboxylic acid groups (broad SMARTS) is 1. The molecule has 0 spiro atoms. The van der Waals surface area contributed by atoms with Gasteiger partial charge in [-0.25, -0.2) is 18.2 Å². The van der Waals surface area contributed by atoms with E-state index in [0.717, 1.165) is 15.7 Å². The number of carbonyl (C=O) groups is 3. The number of nitrogens with one attached hydrogen (secondary N) is 2. The molecule has 1 aliphatic heterocycles. The van der Waals surface area contributed by atoms with Crippen molar-refractivity contribution in [3.63, 3.8) is 0 Å². The first-order valence-corrected chi connectivity index (χ1v) is 15.0. The van der Waals surface area contributed by atoms with Crippen molar-refractivity contribution in [3.8, 4) is 0 Å². The Labute approximate surface area is 239 Å². The summed E-state index contributed by atoms with van der Waals surface area (Å²) in [7, 11) is -3.89.